The number of rotatable bonds is 3. The van der Waals surface area contributed by atoms with Gasteiger partial charge in [-0.15, -0.1) is 10.2 Å². The number of amidine groups is 2. The number of hydrogen-bond acceptors (Lipinski definition) is 4. The molecule has 18 heavy (non-hydrogen) atoms. The molecule has 5 heteroatoms. The summed E-state index contributed by atoms with van der Waals surface area (Å²) in [6.45, 7) is 0.366. The fraction of sp³-hybridized carbons (Fsp3) is 0.154. The largest absolute Gasteiger partial charge is 0.377 e. The van der Waals surface area contributed by atoms with E-state index in [1.165, 1.54) is 0 Å². The molecule has 0 aliphatic carbocycles. The molecule has 0 amide bonds. The molecule has 1 aliphatic heterocycles. The lowest BCUT2D eigenvalue weighted by Crippen LogP contribution is -2.23. The molecule has 2 heterocycles. The third-order valence-corrected chi connectivity index (χ3v) is 2.64. The van der Waals surface area contributed by atoms with Crippen LogP contribution in [-0.4, -0.2) is 30.4 Å². The summed E-state index contributed by atoms with van der Waals surface area (Å²) in [6.07, 6.45) is 1.76. The smallest absolute Gasteiger partial charge is 0.185 e. The van der Waals surface area contributed by atoms with Gasteiger partial charge in [-0.25, -0.2) is 5.32 Å². The van der Waals surface area contributed by atoms with Crippen LogP contribution in [0.3, 0.4) is 0 Å². The first kappa shape index (κ1) is 10.9. The molecule has 89 valence electrons. The van der Waals surface area contributed by atoms with Gasteiger partial charge in [-0.1, -0.05) is 18.2 Å². The normalized spacial score (nSPS) is 14.3. The molecule has 2 aromatic rings. The van der Waals surface area contributed by atoms with Gasteiger partial charge in [-0.05, 0) is 12.1 Å². The van der Waals surface area contributed by atoms with E-state index in [1.807, 2.05) is 30.3 Å². The Morgan fingerprint density at radius 3 is 2.89 bits per heavy atom. The fourth-order valence-corrected chi connectivity index (χ4v) is 1.86. The van der Waals surface area contributed by atoms with Crippen LogP contribution in [0.25, 0.3) is 10.9 Å². The van der Waals surface area contributed by atoms with E-state index in [9.17, 15) is 0 Å². The van der Waals surface area contributed by atoms with Crippen molar-refractivity contribution in [1.82, 2.24) is 10.3 Å². The molecule has 0 N–H and O–H groups in total. The lowest BCUT2D eigenvalue weighted by molar-refractivity contribution is 0.243. The average Bonchev–Trinajstić information content (AvgIpc) is 2.87. The number of methoxy groups -OCH3 is 1. The maximum Gasteiger partial charge on any atom is 0.185 e. The van der Waals surface area contributed by atoms with Gasteiger partial charge in [0.05, 0.1) is 5.52 Å². The maximum absolute atomic E-state index is 4.98. The Morgan fingerprint density at radius 1 is 1.11 bits per heavy atom. The highest BCUT2D eigenvalue weighted by Gasteiger charge is 2.17. The summed E-state index contributed by atoms with van der Waals surface area (Å²) >= 11 is 0. The summed E-state index contributed by atoms with van der Waals surface area (Å²) in [7, 11) is 1.61. The van der Waals surface area contributed by atoms with Crippen molar-refractivity contribution in [2.45, 2.75) is 0 Å². The van der Waals surface area contributed by atoms with Crippen LogP contribution >= 0.6 is 0 Å². The second kappa shape index (κ2) is 4.54. The molecule has 0 spiro atoms. The summed E-state index contributed by atoms with van der Waals surface area (Å²) in [6, 6.07) is 9.84. The Labute approximate surface area is 104 Å². The molecule has 3 rings (SSSR count). The molecule has 0 saturated heterocycles. The number of nitrogens with zero attached hydrogens (tertiary/aromatic N) is 4. The summed E-state index contributed by atoms with van der Waals surface area (Å²) in [5.74, 6) is 1.17. The second-order valence-corrected chi connectivity index (χ2v) is 3.87. The van der Waals surface area contributed by atoms with Crippen molar-refractivity contribution >= 4 is 22.6 Å². The Kier molecular flexibility index (Phi) is 2.74. The molecular formula is C13H11N4O. The number of aromatic nitrogens is 1. The quantitative estimate of drug-likeness (QED) is 0.816. The zero-order valence-corrected chi connectivity index (χ0v) is 9.87. The predicted octanol–water partition coefficient (Wildman–Crippen LogP) is 1.56. The Hall–Kier alpha value is -2.27. The molecule has 1 aromatic heterocycles. The molecule has 0 fully saturated rings. The van der Waals surface area contributed by atoms with Crippen LogP contribution in [0, 0.1) is 0 Å². The van der Waals surface area contributed by atoms with Crippen molar-refractivity contribution in [1.29, 1.82) is 0 Å². The van der Waals surface area contributed by atoms with E-state index >= 15 is 0 Å². The molecule has 0 atom stereocenters. The molecule has 0 bridgehead atoms. The number of para-hydroxylation sites is 1. The third-order valence-electron chi connectivity index (χ3n) is 2.64. The number of ether oxygens (including phenoxy) is 1. The topological polar surface area (TPSA) is 60.9 Å². The molecule has 1 radical (unpaired) electrons. The van der Waals surface area contributed by atoms with Crippen molar-refractivity contribution in [3.8, 4) is 0 Å². The highest BCUT2D eigenvalue weighted by atomic mass is 16.5. The zero-order valence-electron chi connectivity index (χ0n) is 9.87. The van der Waals surface area contributed by atoms with E-state index in [-0.39, 0.29) is 0 Å². The van der Waals surface area contributed by atoms with E-state index in [4.69, 9.17) is 4.74 Å². The number of hydrogen-bond donors (Lipinski definition) is 0. The van der Waals surface area contributed by atoms with Crippen LogP contribution in [0.2, 0.25) is 0 Å². The Morgan fingerprint density at radius 2 is 2.00 bits per heavy atom. The fourth-order valence-electron chi connectivity index (χ4n) is 1.86. The van der Waals surface area contributed by atoms with Crippen molar-refractivity contribution in [2.75, 3.05) is 13.7 Å². The molecular weight excluding hydrogens is 228 g/mol. The van der Waals surface area contributed by atoms with Crippen LogP contribution in [0.1, 0.15) is 5.56 Å². The van der Waals surface area contributed by atoms with Gasteiger partial charge in [0.2, 0.25) is 0 Å². The first-order chi connectivity index (χ1) is 8.88. The van der Waals surface area contributed by atoms with Gasteiger partial charge in [0.1, 0.15) is 6.61 Å². The SMILES string of the molecule is COCC1=NN=C(c2cccc3cccnc23)[N]1. The van der Waals surface area contributed by atoms with Crippen molar-refractivity contribution < 1.29 is 4.74 Å². The number of fused-ring (bicyclic) bond motifs is 1. The van der Waals surface area contributed by atoms with E-state index in [0.29, 0.717) is 18.3 Å². The lowest BCUT2D eigenvalue weighted by atomic mass is 10.1. The number of pyridine rings is 1. The minimum absolute atomic E-state index is 0.366. The van der Waals surface area contributed by atoms with Gasteiger partial charge in [0.25, 0.3) is 0 Å². The Bertz CT molecular complexity index is 643. The van der Waals surface area contributed by atoms with Gasteiger partial charge in [-0.2, -0.15) is 0 Å². The van der Waals surface area contributed by atoms with Crippen LogP contribution in [0.5, 0.6) is 0 Å². The van der Waals surface area contributed by atoms with Gasteiger partial charge in [0, 0.05) is 24.3 Å². The minimum Gasteiger partial charge on any atom is -0.377 e. The van der Waals surface area contributed by atoms with Crippen molar-refractivity contribution in [3.63, 3.8) is 0 Å². The third kappa shape index (κ3) is 1.84. The summed E-state index contributed by atoms with van der Waals surface area (Å²) in [4.78, 5) is 4.37. The van der Waals surface area contributed by atoms with E-state index in [2.05, 4.69) is 20.5 Å². The predicted molar refractivity (Wildman–Crippen MR) is 69.7 cm³/mol. The van der Waals surface area contributed by atoms with Gasteiger partial charge < -0.3 is 4.74 Å². The van der Waals surface area contributed by atoms with E-state index < -0.39 is 0 Å². The van der Waals surface area contributed by atoms with Crippen LogP contribution in [0.4, 0.5) is 0 Å². The van der Waals surface area contributed by atoms with Gasteiger partial charge in [-0.3, -0.25) is 4.98 Å². The van der Waals surface area contributed by atoms with Crippen molar-refractivity contribution in [2.24, 2.45) is 10.2 Å². The summed E-state index contributed by atoms with van der Waals surface area (Å²) in [5, 5.41) is 13.4. The summed E-state index contributed by atoms with van der Waals surface area (Å²) < 4.78 is 4.98. The first-order valence-electron chi connectivity index (χ1n) is 5.58. The van der Waals surface area contributed by atoms with Crippen LogP contribution < -0.4 is 5.32 Å². The average molecular weight is 239 g/mol. The van der Waals surface area contributed by atoms with Crippen LogP contribution in [-0.2, 0) is 4.74 Å². The lowest BCUT2D eigenvalue weighted by Gasteiger charge is -2.04. The molecule has 0 saturated carbocycles. The Balaban J connectivity index is 1.98. The van der Waals surface area contributed by atoms with Gasteiger partial charge >= 0.3 is 0 Å². The highest BCUT2D eigenvalue weighted by molar-refractivity contribution is 6.16. The van der Waals surface area contributed by atoms with Crippen LogP contribution in [0.15, 0.2) is 46.7 Å². The molecule has 0 unspecified atom stereocenters. The molecule has 1 aliphatic rings. The number of benzene rings is 1. The standard InChI is InChI=1S/C13H11N4O/c1-18-8-11-15-13(17-16-11)10-6-2-4-9-5-3-7-14-12(9)10/h2-7H,8H2,1H3. The second-order valence-electron chi connectivity index (χ2n) is 3.87. The van der Waals surface area contributed by atoms with E-state index in [0.717, 1.165) is 16.5 Å². The maximum atomic E-state index is 4.98. The van der Waals surface area contributed by atoms with Crippen molar-refractivity contribution in [3.05, 3.63) is 42.1 Å². The zero-order chi connectivity index (χ0) is 12.4. The van der Waals surface area contributed by atoms with Gasteiger partial charge in [0.15, 0.2) is 11.7 Å². The van der Waals surface area contributed by atoms with E-state index in [1.54, 1.807) is 13.3 Å². The molecule has 1 aromatic carbocycles. The first-order valence-corrected chi connectivity index (χ1v) is 5.58. The summed E-state index contributed by atoms with van der Waals surface area (Å²) in [5.41, 5.74) is 1.78. The highest BCUT2D eigenvalue weighted by Crippen LogP contribution is 2.17. The minimum atomic E-state index is 0.366. The molecule has 5 nitrogen and oxygen atoms in total. The monoisotopic (exact) mass is 239 g/mol.